The van der Waals surface area contributed by atoms with E-state index in [0.717, 1.165) is 11.3 Å². The molecule has 1 N–H and O–H groups in total. The third kappa shape index (κ3) is 3.94. The number of hydrogen-bond acceptors (Lipinski definition) is 6. The Morgan fingerprint density at radius 1 is 1.36 bits per heavy atom. The Labute approximate surface area is 162 Å². The van der Waals surface area contributed by atoms with Crippen molar-refractivity contribution in [1.29, 1.82) is 4.78 Å². The number of amides is 1. The van der Waals surface area contributed by atoms with Gasteiger partial charge in [0.2, 0.25) is 0 Å². The predicted octanol–water partition coefficient (Wildman–Crippen LogP) is 3.61. The first-order valence-electron chi connectivity index (χ1n) is 9.02. The van der Waals surface area contributed by atoms with E-state index in [-0.39, 0.29) is 17.6 Å². The average Bonchev–Trinajstić information content (AvgIpc) is 3.30. The highest BCUT2D eigenvalue weighted by Gasteiger charge is 2.32. The number of nitrogens with one attached hydrogen (secondary N) is 1. The van der Waals surface area contributed by atoms with Crippen molar-refractivity contribution < 1.29 is 22.7 Å². The van der Waals surface area contributed by atoms with E-state index < -0.39 is 21.6 Å². The molecule has 148 valence electrons. The van der Waals surface area contributed by atoms with Gasteiger partial charge in [-0.2, -0.15) is 0 Å². The maximum atomic E-state index is 14.7. The molecule has 1 unspecified atom stereocenters. The number of carbonyl (C=O) groups excluding carboxylic acids is 1. The highest BCUT2D eigenvalue weighted by molar-refractivity contribution is 7.92. The Morgan fingerprint density at radius 2 is 2.21 bits per heavy atom. The van der Waals surface area contributed by atoms with Crippen molar-refractivity contribution in [2.75, 3.05) is 23.0 Å². The minimum atomic E-state index is -2.57. The molecule has 9 heteroatoms. The second-order valence-electron chi connectivity index (χ2n) is 6.97. The summed E-state index contributed by atoms with van der Waals surface area (Å²) in [5, 5.41) is 3.83. The molecule has 2 aliphatic heterocycles. The van der Waals surface area contributed by atoms with Crippen LogP contribution in [-0.4, -0.2) is 39.6 Å². The summed E-state index contributed by atoms with van der Waals surface area (Å²) >= 11 is 0. The molecule has 4 rings (SSSR count). The zero-order valence-corrected chi connectivity index (χ0v) is 15.9. The molecule has 0 radical (unpaired) electrons. The molecule has 0 saturated carbocycles. The Balaban J connectivity index is 1.45. The number of aromatic nitrogens is 1. The van der Waals surface area contributed by atoms with Crippen LogP contribution in [0.1, 0.15) is 24.1 Å². The fourth-order valence-corrected chi connectivity index (χ4v) is 4.62. The van der Waals surface area contributed by atoms with Gasteiger partial charge in [0.25, 0.3) is 0 Å². The molecule has 0 aliphatic carbocycles. The average molecular weight is 405 g/mol. The maximum absolute atomic E-state index is 14.7. The number of carbonyl (C=O) groups is 1. The van der Waals surface area contributed by atoms with Gasteiger partial charge in [-0.15, -0.1) is 0 Å². The molecule has 0 bridgehead atoms. The smallest absolute Gasteiger partial charge is 0.414 e. The summed E-state index contributed by atoms with van der Waals surface area (Å²) in [7, 11) is -2.57. The highest BCUT2D eigenvalue weighted by atomic mass is 32.2. The van der Waals surface area contributed by atoms with Crippen LogP contribution < -0.4 is 4.90 Å². The summed E-state index contributed by atoms with van der Waals surface area (Å²) in [6, 6.07) is 6.41. The van der Waals surface area contributed by atoms with Crippen LogP contribution in [-0.2, 0) is 20.9 Å². The van der Waals surface area contributed by atoms with Crippen molar-refractivity contribution in [2.45, 2.75) is 25.4 Å². The molecule has 7 nitrogen and oxygen atoms in total. The number of nitrogens with zero attached hydrogens (tertiary/aromatic N) is 2. The second kappa shape index (κ2) is 7.38. The van der Waals surface area contributed by atoms with Crippen LogP contribution in [0.15, 0.2) is 41.1 Å². The number of aryl methyl sites for hydroxylation is 1. The third-order valence-corrected chi connectivity index (χ3v) is 6.57. The Bertz CT molecular complexity index is 1020. The number of hydrogen-bond donors (Lipinski definition) is 1. The van der Waals surface area contributed by atoms with Gasteiger partial charge in [-0.1, -0.05) is 11.2 Å². The van der Waals surface area contributed by atoms with Gasteiger partial charge in [0.15, 0.2) is 0 Å². The van der Waals surface area contributed by atoms with Crippen molar-refractivity contribution in [2.24, 2.45) is 0 Å². The maximum Gasteiger partial charge on any atom is 0.414 e. The SMILES string of the molecule is N=S1(=O)CC=C(c2ccc(N3C[C@H](CCc4ccon4)OC3=O)cc2F)CC1. The van der Waals surface area contributed by atoms with E-state index in [1.807, 2.05) is 0 Å². The molecule has 2 aromatic rings. The van der Waals surface area contributed by atoms with Crippen molar-refractivity contribution >= 4 is 27.1 Å². The van der Waals surface area contributed by atoms with E-state index in [0.29, 0.717) is 37.1 Å². The number of rotatable bonds is 5. The van der Waals surface area contributed by atoms with Crippen molar-refractivity contribution in [1.82, 2.24) is 5.16 Å². The number of allylic oxidation sites excluding steroid dienone is 1. The molecule has 3 heterocycles. The summed E-state index contributed by atoms with van der Waals surface area (Å²) < 4.78 is 44.2. The molecule has 2 atom stereocenters. The van der Waals surface area contributed by atoms with Crippen LogP contribution in [0.4, 0.5) is 14.9 Å². The van der Waals surface area contributed by atoms with Crippen LogP contribution in [0.3, 0.4) is 0 Å². The second-order valence-corrected chi connectivity index (χ2v) is 9.34. The minimum absolute atomic E-state index is 0.148. The zero-order valence-electron chi connectivity index (χ0n) is 15.1. The topological polar surface area (TPSA) is 96.5 Å². The van der Waals surface area contributed by atoms with Gasteiger partial charge < -0.3 is 9.26 Å². The van der Waals surface area contributed by atoms with Crippen LogP contribution >= 0.6 is 0 Å². The largest absolute Gasteiger partial charge is 0.444 e. The predicted molar refractivity (Wildman–Crippen MR) is 102 cm³/mol. The summed E-state index contributed by atoms with van der Waals surface area (Å²) in [5.41, 5.74) is 2.41. The fraction of sp³-hybridized carbons (Fsp3) is 0.368. The number of anilines is 1. The van der Waals surface area contributed by atoms with Gasteiger partial charge in [-0.05, 0) is 43.0 Å². The standard InChI is InChI=1S/C19H20FN3O4S/c20-18-11-15(2-4-17(18)13-6-9-28(21,25)10-7-13)23-12-16(27-19(23)24)3-1-14-5-8-26-22-14/h2,4-6,8,11,16,21H,1,3,7,9-10,12H2/t16-,28?/m0/s1. The fourth-order valence-electron chi connectivity index (χ4n) is 3.43. The third-order valence-electron chi connectivity index (χ3n) is 5.00. The molecule has 1 aromatic carbocycles. The molecule has 0 spiro atoms. The van der Waals surface area contributed by atoms with Gasteiger partial charge >= 0.3 is 6.09 Å². The lowest BCUT2D eigenvalue weighted by atomic mass is 10.0. The summed E-state index contributed by atoms with van der Waals surface area (Å²) in [6.07, 6.45) is 4.03. The summed E-state index contributed by atoms with van der Waals surface area (Å²) in [4.78, 5) is 13.6. The van der Waals surface area contributed by atoms with E-state index in [4.69, 9.17) is 14.0 Å². The van der Waals surface area contributed by atoms with Gasteiger partial charge in [0.1, 0.15) is 18.2 Å². The van der Waals surface area contributed by atoms with E-state index in [9.17, 15) is 13.4 Å². The van der Waals surface area contributed by atoms with Gasteiger partial charge in [0, 0.05) is 27.1 Å². The molecular formula is C19H20FN3O4S. The summed E-state index contributed by atoms with van der Waals surface area (Å²) in [5.74, 6) is -0.0538. The van der Waals surface area contributed by atoms with Crippen molar-refractivity contribution in [3.8, 4) is 0 Å². The Kier molecular flexibility index (Phi) is 4.92. The normalized spacial score (nSPS) is 24.9. The molecule has 2 aliphatic rings. The molecule has 28 heavy (non-hydrogen) atoms. The first-order chi connectivity index (χ1) is 13.4. The quantitative estimate of drug-likeness (QED) is 0.820. The van der Waals surface area contributed by atoms with E-state index in [2.05, 4.69) is 5.16 Å². The number of halogens is 1. The number of ether oxygens (including phenoxy) is 1. The Morgan fingerprint density at radius 3 is 2.89 bits per heavy atom. The van der Waals surface area contributed by atoms with Crippen LogP contribution in [0, 0.1) is 10.6 Å². The van der Waals surface area contributed by atoms with E-state index >= 15 is 0 Å². The molecule has 1 aromatic heterocycles. The van der Waals surface area contributed by atoms with Gasteiger partial charge in [-0.3, -0.25) is 9.68 Å². The zero-order chi connectivity index (χ0) is 19.7. The van der Waals surface area contributed by atoms with Crippen molar-refractivity contribution in [3.05, 3.63) is 53.7 Å². The lowest BCUT2D eigenvalue weighted by Gasteiger charge is -2.18. The molecule has 1 fully saturated rings. The highest BCUT2D eigenvalue weighted by Crippen LogP contribution is 2.30. The molecular weight excluding hydrogens is 385 g/mol. The lowest BCUT2D eigenvalue weighted by molar-refractivity contribution is 0.136. The van der Waals surface area contributed by atoms with Crippen LogP contribution in [0.5, 0.6) is 0 Å². The van der Waals surface area contributed by atoms with E-state index in [1.54, 1.807) is 24.3 Å². The van der Waals surface area contributed by atoms with Gasteiger partial charge in [0.05, 0.1) is 23.7 Å². The lowest BCUT2D eigenvalue weighted by Crippen LogP contribution is -2.24. The first kappa shape index (κ1) is 18.7. The Hall–Kier alpha value is -2.68. The van der Waals surface area contributed by atoms with Crippen molar-refractivity contribution in [3.63, 3.8) is 0 Å². The molecule has 1 amide bonds. The summed E-state index contributed by atoms with van der Waals surface area (Å²) in [6.45, 7) is 0.346. The molecule has 1 saturated heterocycles. The van der Waals surface area contributed by atoms with E-state index in [1.165, 1.54) is 17.2 Å². The number of benzene rings is 1. The number of cyclic esters (lactones) is 1. The minimum Gasteiger partial charge on any atom is -0.444 e. The van der Waals surface area contributed by atoms with Gasteiger partial charge in [-0.25, -0.2) is 13.4 Å². The van der Waals surface area contributed by atoms with Crippen LogP contribution in [0.25, 0.3) is 5.57 Å². The monoisotopic (exact) mass is 405 g/mol. The van der Waals surface area contributed by atoms with Crippen LogP contribution in [0.2, 0.25) is 0 Å². The first-order valence-corrected chi connectivity index (χ1v) is 10.9.